The molecule has 0 aliphatic rings. The number of halogens is 1. The Balaban J connectivity index is 2.26. The maximum absolute atomic E-state index is 5.85. The van der Waals surface area contributed by atoms with Gasteiger partial charge in [-0.1, -0.05) is 11.6 Å². The molecule has 0 amide bonds. The summed E-state index contributed by atoms with van der Waals surface area (Å²) in [6, 6.07) is 1.91. The summed E-state index contributed by atoms with van der Waals surface area (Å²) in [6.45, 7) is 1.97. The monoisotopic (exact) mass is 223 g/mol. The molecule has 2 aromatic heterocycles. The van der Waals surface area contributed by atoms with Crippen LogP contribution in [0.4, 0.5) is 11.6 Å². The van der Waals surface area contributed by atoms with Crippen molar-refractivity contribution in [2.75, 3.05) is 5.32 Å². The number of hydrogen-bond donors (Lipinski definition) is 1. The van der Waals surface area contributed by atoms with Crippen molar-refractivity contribution < 1.29 is 0 Å². The smallest absolute Gasteiger partial charge is 0.171 e. The second-order valence-electron chi connectivity index (χ2n) is 3.12. The lowest BCUT2D eigenvalue weighted by Gasteiger charge is -2.01. The van der Waals surface area contributed by atoms with E-state index in [1.54, 1.807) is 10.9 Å². The molecule has 0 unspecified atom stereocenters. The summed E-state index contributed by atoms with van der Waals surface area (Å²) in [4.78, 5) is 7.97. The van der Waals surface area contributed by atoms with Crippen LogP contribution in [0.25, 0.3) is 0 Å². The minimum absolute atomic E-state index is 0.334. The van der Waals surface area contributed by atoms with Gasteiger partial charge in [-0.25, -0.2) is 9.97 Å². The van der Waals surface area contributed by atoms with Crippen LogP contribution in [0.15, 0.2) is 18.5 Å². The van der Waals surface area contributed by atoms with E-state index in [1.165, 1.54) is 6.20 Å². The molecule has 6 heteroatoms. The Hall–Kier alpha value is -1.62. The van der Waals surface area contributed by atoms with Gasteiger partial charge < -0.3 is 5.32 Å². The molecule has 0 bridgehead atoms. The van der Waals surface area contributed by atoms with Gasteiger partial charge >= 0.3 is 0 Å². The molecule has 0 saturated heterocycles. The Labute approximate surface area is 92.1 Å². The molecule has 1 N–H and O–H groups in total. The summed E-state index contributed by atoms with van der Waals surface area (Å²) in [7, 11) is 1.87. The van der Waals surface area contributed by atoms with Crippen molar-refractivity contribution in [2.24, 2.45) is 7.05 Å². The molecule has 0 fully saturated rings. The molecule has 0 radical (unpaired) electrons. The number of nitrogens with one attached hydrogen (secondary N) is 1. The van der Waals surface area contributed by atoms with Gasteiger partial charge in [-0.15, -0.1) is 0 Å². The lowest BCUT2D eigenvalue weighted by atomic mass is 10.4. The highest BCUT2D eigenvalue weighted by Crippen LogP contribution is 2.19. The maximum Gasteiger partial charge on any atom is 0.171 e. The zero-order valence-electron chi connectivity index (χ0n) is 8.40. The quantitative estimate of drug-likeness (QED) is 0.845. The molecule has 0 spiro atoms. The highest BCUT2D eigenvalue weighted by Gasteiger charge is 2.05. The van der Waals surface area contributed by atoms with E-state index in [4.69, 9.17) is 11.6 Å². The fourth-order valence-electron chi connectivity index (χ4n) is 1.15. The first kappa shape index (κ1) is 9.92. The number of hydrogen-bond acceptors (Lipinski definition) is 4. The van der Waals surface area contributed by atoms with Gasteiger partial charge in [0.1, 0.15) is 0 Å². The van der Waals surface area contributed by atoms with Crippen molar-refractivity contribution in [3.8, 4) is 0 Å². The van der Waals surface area contributed by atoms with Crippen molar-refractivity contribution >= 4 is 23.2 Å². The highest BCUT2D eigenvalue weighted by atomic mass is 35.5. The zero-order valence-corrected chi connectivity index (χ0v) is 9.15. The average Bonchev–Trinajstić information content (AvgIpc) is 2.50. The van der Waals surface area contributed by atoms with E-state index >= 15 is 0 Å². The molecule has 78 valence electrons. The van der Waals surface area contributed by atoms with Crippen molar-refractivity contribution in [3.05, 3.63) is 29.3 Å². The Morgan fingerprint density at radius 3 is 2.67 bits per heavy atom. The third-order valence-corrected chi connectivity index (χ3v) is 2.29. The van der Waals surface area contributed by atoms with Gasteiger partial charge in [0.05, 0.1) is 0 Å². The van der Waals surface area contributed by atoms with Gasteiger partial charge in [0.15, 0.2) is 16.8 Å². The molecule has 2 heterocycles. The summed E-state index contributed by atoms with van der Waals surface area (Å²) in [5.74, 6) is 1.22. The third-order valence-electron chi connectivity index (χ3n) is 2.01. The van der Waals surface area contributed by atoms with Crippen molar-refractivity contribution in [2.45, 2.75) is 6.92 Å². The van der Waals surface area contributed by atoms with E-state index in [2.05, 4.69) is 20.4 Å². The summed E-state index contributed by atoms with van der Waals surface area (Å²) >= 11 is 5.85. The first-order chi connectivity index (χ1) is 7.16. The van der Waals surface area contributed by atoms with E-state index in [0.717, 1.165) is 5.69 Å². The van der Waals surface area contributed by atoms with Crippen LogP contribution < -0.4 is 5.32 Å². The van der Waals surface area contributed by atoms with Gasteiger partial charge in [-0.3, -0.25) is 4.68 Å². The highest BCUT2D eigenvalue weighted by molar-refractivity contribution is 6.31. The lowest BCUT2D eigenvalue weighted by Crippen LogP contribution is -1.97. The molecule has 5 nitrogen and oxygen atoms in total. The number of aromatic nitrogens is 4. The minimum Gasteiger partial charge on any atom is -0.321 e. The summed E-state index contributed by atoms with van der Waals surface area (Å²) in [5.41, 5.74) is 1.05. The summed E-state index contributed by atoms with van der Waals surface area (Å²) in [5, 5.41) is 7.56. The molecule has 15 heavy (non-hydrogen) atoms. The predicted octanol–water partition coefficient (Wildman–Crippen LogP) is 1.92. The second kappa shape index (κ2) is 3.86. The van der Waals surface area contributed by atoms with E-state index in [9.17, 15) is 0 Å². The van der Waals surface area contributed by atoms with Crippen LogP contribution >= 0.6 is 11.6 Å². The molecule has 0 saturated carbocycles. The fraction of sp³-hybridized carbons (Fsp3) is 0.222. The number of anilines is 2. The number of rotatable bonds is 2. The van der Waals surface area contributed by atoms with Crippen LogP contribution in [-0.2, 0) is 7.05 Å². The van der Waals surface area contributed by atoms with Crippen LogP contribution in [-0.4, -0.2) is 19.7 Å². The first-order valence-corrected chi connectivity index (χ1v) is 4.79. The standard InChI is InChI=1S/C9H10ClN5/c1-6-5-7(14-15(6)2)13-9-8(10)11-3-4-12-9/h3-5H,1-2H3,(H,12,13,14). The van der Waals surface area contributed by atoms with E-state index in [0.29, 0.717) is 16.8 Å². The summed E-state index contributed by atoms with van der Waals surface area (Å²) < 4.78 is 1.77. The Kier molecular flexibility index (Phi) is 2.55. The van der Waals surface area contributed by atoms with Gasteiger partial charge in [0.2, 0.25) is 0 Å². The molecule has 2 aromatic rings. The molecular weight excluding hydrogens is 214 g/mol. The van der Waals surface area contributed by atoms with E-state index in [-0.39, 0.29) is 0 Å². The molecule has 0 aromatic carbocycles. The predicted molar refractivity (Wildman–Crippen MR) is 58.3 cm³/mol. The third kappa shape index (κ3) is 2.07. The van der Waals surface area contributed by atoms with Crippen LogP contribution in [0.5, 0.6) is 0 Å². The number of nitrogens with zero attached hydrogens (tertiary/aromatic N) is 4. The van der Waals surface area contributed by atoms with Gasteiger partial charge in [-0.05, 0) is 6.92 Å². The normalized spacial score (nSPS) is 10.3. The van der Waals surface area contributed by atoms with E-state index in [1.807, 2.05) is 20.0 Å². The van der Waals surface area contributed by atoms with Crippen molar-refractivity contribution in [1.82, 2.24) is 19.7 Å². The largest absolute Gasteiger partial charge is 0.321 e. The Morgan fingerprint density at radius 2 is 2.07 bits per heavy atom. The molecule has 2 rings (SSSR count). The lowest BCUT2D eigenvalue weighted by molar-refractivity contribution is 0.743. The summed E-state index contributed by atoms with van der Waals surface area (Å²) in [6.07, 6.45) is 3.11. The van der Waals surface area contributed by atoms with Crippen LogP contribution in [0.3, 0.4) is 0 Å². The topological polar surface area (TPSA) is 55.6 Å². The Bertz CT molecular complexity index is 460. The van der Waals surface area contributed by atoms with E-state index < -0.39 is 0 Å². The average molecular weight is 224 g/mol. The Morgan fingerprint density at radius 1 is 1.33 bits per heavy atom. The van der Waals surface area contributed by atoms with Gasteiger partial charge in [0, 0.05) is 31.2 Å². The molecule has 0 aliphatic heterocycles. The van der Waals surface area contributed by atoms with Crippen LogP contribution in [0.1, 0.15) is 5.69 Å². The number of aryl methyl sites for hydroxylation is 2. The SMILES string of the molecule is Cc1cc(Nc2nccnc2Cl)nn1C. The first-order valence-electron chi connectivity index (χ1n) is 4.41. The van der Waals surface area contributed by atoms with Crippen molar-refractivity contribution in [3.63, 3.8) is 0 Å². The zero-order chi connectivity index (χ0) is 10.8. The van der Waals surface area contributed by atoms with Gasteiger partial charge in [-0.2, -0.15) is 5.10 Å². The molecule has 0 aliphatic carbocycles. The second-order valence-corrected chi connectivity index (χ2v) is 3.47. The molecular formula is C9H10ClN5. The fourth-order valence-corrected chi connectivity index (χ4v) is 1.30. The van der Waals surface area contributed by atoms with Gasteiger partial charge in [0.25, 0.3) is 0 Å². The maximum atomic E-state index is 5.85. The molecule has 0 atom stereocenters. The van der Waals surface area contributed by atoms with Crippen molar-refractivity contribution in [1.29, 1.82) is 0 Å². The minimum atomic E-state index is 0.334. The van der Waals surface area contributed by atoms with Crippen LogP contribution in [0, 0.1) is 6.92 Å². The van der Waals surface area contributed by atoms with Crippen LogP contribution in [0.2, 0.25) is 5.15 Å².